The Morgan fingerprint density at radius 1 is 0.929 bits per heavy atom. The SMILES string of the molecule is COc1cc(C(=O)OCC[NH+]2CC[NH+]([C@@H]3Cc4ccc(F)cc4Sc4ccc(C(C)C)cc43)CC2)cc(OC)c1OC. The number of hydrogen-bond donors (Lipinski definition) is 2. The standard InChI is InChI=1S/C33H39FN2O5S/c1-21(2)22-7-9-30-26(16-22)27(17-23-6-8-25(34)20-31(23)42-30)36-12-10-35(11-13-36)14-15-41-33(37)24-18-28(38-3)32(40-5)29(19-24)39-4/h6-9,16,18-21,27H,10-15,17H2,1-5H3/p+2/t27-/m1/s1. The highest BCUT2D eigenvalue weighted by atomic mass is 32.2. The number of esters is 1. The Labute approximate surface area is 251 Å². The lowest BCUT2D eigenvalue weighted by molar-refractivity contribution is -1.03. The van der Waals surface area contributed by atoms with E-state index >= 15 is 0 Å². The van der Waals surface area contributed by atoms with Crippen molar-refractivity contribution in [2.24, 2.45) is 0 Å². The Balaban J connectivity index is 1.22. The number of halogens is 1. The van der Waals surface area contributed by atoms with Gasteiger partial charge in [0.1, 0.15) is 51.2 Å². The number of ether oxygens (including phenoxy) is 4. The molecule has 0 aliphatic carbocycles. The van der Waals surface area contributed by atoms with Crippen molar-refractivity contribution in [3.63, 3.8) is 0 Å². The second-order valence-electron chi connectivity index (χ2n) is 11.3. The van der Waals surface area contributed by atoms with Crippen molar-refractivity contribution >= 4 is 17.7 Å². The number of carbonyl (C=O) groups is 1. The predicted molar refractivity (Wildman–Crippen MR) is 160 cm³/mol. The van der Waals surface area contributed by atoms with Crippen LogP contribution in [0, 0.1) is 5.82 Å². The number of quaternary nitrogens is 2. The number of rotatable bonds is 9. The fourth-order valence-electron chi connectivity index (χ4n) is 5.99. The van der Waals surface area contributed by atoms with Crippen LogP contribution in [0.5, 0.6) is 17.2 Å². The molecule has 0 unspecified atom stereocenters. The minimum Gasteiger partial charge on any atom is -0.493 e. The summed E-state index contributed by atoms with van der Waals surface area (Å²) in [4.78, 5) is 18.1. The molecule has 0 amide bonds. The molecule has 1 fully saturated rings. The zero-order valence-electron chi connectivity index (χ0n) is 25.1. The number of piperazine rings is 1. The van der Waals surface area contributed by atoms with Crippen LogP contribution in [0.2, 0.25) is 0 Å². The Morgan fingerprint density at radius 2 is 1.64 bits per heavy atom. The molecule has 1 saturated heterocycles. The first-order valence-electron chi connectivity index (χ1n) is 14.6. The van der Waals surface area contributed by atoms with Gasteiger partial charge in [-0.3, -0.25) is 0 Å². The molecule has 0 aromatic heterocycles. The second-order valence-corrected chi connectivity index (χ2v) is 12.4. The minimum atomic E-state index is -0.415. The average molecular weight is 597 g/mol. The van der Waals surface area contributed by atoms with Crippen LogP contribution in [-0.2, 0) is 11.2 Å². The van der Waals surface area contributed by atoms with Crippen LogP contribution in [-0.4, -0.2) is 66.6 Å². The van der Waals surface area contributed by atoms with Gasteiger partial charge in [-0.1, -0.05) is 37.7 Å². The third kappa shape index (κ3) is 6.53. The van der Waals surface area contributed by atoms with E-state index in [1.165, 1.54) is 47.8 Å². The molecule has 3 aromatic carbocycles. The average Bonchev–Trinajstić information content (AvgIpc) is 3.16. The molecule has 2 N–H and O–H groups in total. The van der Waals surface area contributed by atoms with E-state index in [1.54, 1.807) is 40.9 Å². The van der Waals surface area contributed by atoms with Gasteiger partial charge < -0.3 is 28.7 Å². The lowest BCUT2D eigenvalue weighted by atomic mass is 9.93. The molecule has 0 radical (unpaired) electrons. The van der Waals surface area contributed by atoms with Gasteiger partial charge in [-0.2, -0.15) is 0 Å². The van der Waals surface area contributed by atoms with Gasteiger partial charge in [-0.05, 0) is 53.4 Å². The molecule has 0 spiro atoms. The molecular weight excluding hydrogens is 555 g/mol. The first-order valence-corrected chi connectivity index (χ1v) is 15.4. The van der Waals surface area contributed by atoms with Gasteiger partial charge in [0.15, 0.2) is 11.5 Å². The highest BCUT2D eigenvalue weighted by Gasteiger charge is 2.35. The van der Waals surface area contributed by atoms with Crippen LogP contribution in [0.1, 0.15) is 52.9 Å². The monoisotopic (exact) mass is 596 g/mol. The maximum Gasteiger partial charge on any atom is 0.338 e. The number of carbonyl (C=O) groups excluding carboxylic acids is 1. The van der Waals surface area contributed by atoms with Crippen molar-refractivity contribution in [1.29, 1.82) is 0 Å². The summed E-state index contributed by atoms with van der Waals surface area (Å²) in [5, 5.41) is 0. The van der Waals surface area contributed by atoms with Crippen LogP contribution in [0.15, 0.2) is 58.3 Å². The number of benzene rings is 3. The zero-order chi connectivity index (χ0) is 29.8. The topological polar surface area (TPSA) is 62.9 Å². The normalized spacial score (nSPS) is 19.8. The number of fused-ring (bicyclic) bond motifs is 2. The highest BCUT2D eigenvalue weighted by molar-refractivity contribution is 7.99. The van der Waals surface area contributed by atoms with Gasteiger partial charge in [-0.25, -0.2) is 9.18 Å². The highest BCUT2D eigenvalue weighted by Crippen LogP contribution is 2.41. The summed E-state index contributed by atoms with van der Waals surface area (Å²) >= 11 is 1.69. The third-order valence-corrected chi connectivity index (χ3v) is 9.62. The maximum atomic E-state index is 14.1. The van der Waals surface area contributed by atoms with Crippen molar-refractivity contribution in [3.05, 3.63) is 76.6 Å². The second kappa shape index (κ2) is 13.4. The number of nitrogens with one attached hydrogen (secondary N) is 2. The van der Waals surface area contributed by atoms with Crippen molar-refractivity contribution in [2.75, 3.05) is 60.7 Å². The smallest absolute Gasteiger partial charge is 0.338 e. The summed E-state index contributed by atoms with van der Waals surface area (Å²) < 4.78 is 35.9. The Morgan fingerprint density at radius 3 is 2.29 bits per heavy atom. The molecule has 7 nitrogen and oxygen atoms in total. The van der Waals surface area contributed by atoms with E-state index in [0.717, 1.165) is 44.0 Å². The summed E-state index contributed by atoms with van der Waals surface area (Å²) in [6, 6.07) is 15.6. The van der Waals surface area contributed by atoms with Gasteiger partial charge in [0, 0.05) is 21.8 Å². The lowest BCUT2D eigenvalue weighted by Gasteiger charge is -2.35. The summed E-state index contributed by atoms with van der Waals surface area (Å²) in [6.45, 7) is 9.58. The summed E-state index contributed by atoms with van der Waals surface area (Å²) in [5.41, 5.74) is 4.30. The van der Waals surface area contributed by atoms with Gasteiger partial charge in [-0.15, -0.1) is 0 Å². The largest absolute Gasteiger partial charge is 0.493 e. The van der Waals surface area contributed by atoms with Crippen molar-refractivity contribution in [1.82, 2.24) is 0 Å². The van der Waals surface area contributed by atoms with Crippen LogP contribution < -0.4 is 24.0 Å². The lowest BCUT2D eigenvalue weighted by Crippen LogP contribution is -3.28. The van der Waals surface area contributed by atoms with Gasteiger partial charge >= 0.3 is 5.97 Å². The molecule has 0 bridgehead atoms. The van der Waals surface area contributed by atoms with E-state index in [1.807, 2.05) is 6.07 Å². The van der Waals surface area contributed by atoms with Crippen LogP contribution in [0.25, 0.3) is 0 Å². The van der Waals surface area contributed by atoms with Crippen LogP contribution in [0.3, 0.4) is 0 Å². The molecule has 5 rings (SSSR count). The number of hydrogen-bond acceptors (Lipinski definition) is 6. The van der Waals surface area contributed by atoms with E-state index in [9.17, 15) is 9.18 Å². The van der Waals surface area contributed by atoms with Gasteiger partial charge in [0.2, 0.25) is 5.75 Å². The maximum absolute atomic E-state index is 14.1. The summed E-state index contributed by atoms with van der Waals surface area (Å²) in [5.74, 6) is 1.12. The van der Waals surface area contributed by atoms with E-state index in [2.05, 4.69) is 32.0 Å². The molecule has 2 aliphatic heterocycles. The molecule has 9 heteroatoms. The molecule has 2 aliphatic rings. The molecule has 42 heavy (non-hydrogen) atoms. The van der Waals surface area contributed by atoms with Crippen LogP contribution >= 0.6 is 11.8 Å². The van der Waals surface area contributed by atoms with Crippen LogP contribution in [0.4, 0.5) is 4.39 Å². The zero-order valence-corrected chi connectivity index (χ0v) is 25.9. The van der Waals surface area contributed by atoms with Crippen molar-refractivity contribution < 1.29 is 37.9 Å². The van der Waals surface area contributed by atoms with Gasteiger partial charge in [0.25, 0.3) is 0 Å². The summed E-state index contributed by atoms with van der Waals surface area (Å²) in [7, 11) is 4.57. The fourth-order valence-corrected chi connectivity index (χ4v) is 7.14. The molecular formula is C33H41FN2O5S+2. The quantitative estimate of drug-likeness (QED) is 0.370. The van der Waals surface area contributed by atoms with E-state index in [0.29, 0.717) is 41.4 Å². The first-order chi connectivity index (χ1) is 20.3. The molecule has 224 valence electrons. The fraction of sp³-hybridized carbons (Fsp3) is 0.424. The van der Waals surface area contributed by atoms with E-state index in [-0.39, 0.29) is 5.82 Å². The van der Waals surface area contributed by atoms with Crippen molar-refractivity contribution in [2.45, 2.75) is 42.0 Å². The molecule has 1 atom stereocenters. The molecule has 2 heterocycles. The van der Waals surface area contributed by atoms with Crippen molar-refractivity contribution in [3.8, 4) is 17.2 Å². The Bertz CT molecular complexity index is 1400. The molecule has 0 saturated carbocycles. The first kappa shape index (κ1) is 30.2. The van der Waals surface area contributed by atoms with E-state index in [4.69, 9.17) is 18.9 Å². The van der Waals surface area contributed by atoms with Gasteiger partial charge in [0.05, 0.1) is 26.9 Å². The van der Waals surface area contributed by atoms with E-state index < -0.39 is 5.97 Å². The molecule has 3 aromatic rings. The number of methoxy groups -OCH3 is 3. The Kier molecular flexibility index (Phi) is 9.60. The predicted octanol–water partition coefficient (Wildman–Crippen LogP) is 3.36. The third-order valence-electron chi connectivity index (χ3n) is 8.43. The Hall–Kier alpha value is -3.27. The summed E-state index contributed by atoms with van der Waals surface area (Å²) in [6.07, 6.45) is 0.897. The minimum absolute atomic E-state index is 0.185.